The predicted octanol–water partition coefficient (Wildman–Crippen LogP) is 3.72. The quantitative estimate of drug-likeness (QED) is 0.679. The van der Waals surface area contributed by atoms with Crippen LogP contribution < -0.4 is 4.90 Å². The van der Waals surface area contributed by atoms with Crippen LogP contribution in [0.3, 0.4) is 0 Å². The molecule has 112 valence electrons. The number of nitro groups is 1. The molecule has 1 saturated carbocycles. The van der Waals surface area contributed by atoms with Crippen molar-refractivity contribution in [1.29, 1.82) is 0 Å². The summed E-state index contributed by atoms with van der Waals surface area (Å²) in [5.41, 5.74) is 0.118. The Labute approximate surface area is 123 Å². The standard InChI is InChI=1S/C14H22N2O3S/c1-9-4-6-11(7-5-9)15(3)14-12(16(18)19)8-13(20-14)10(2)17/h8-11,17H,4-7H2,1-3H3. The monoisotopic (exact) mass is 298 g/mol. The van der Waals surface area contributed by atoms with Gasteiger partial charge in [0.05, 0.1) is 11.0 Å². The van der Waals surface area contributed by atoms with E-state index in [1.165, 1.54) is 30.2 Å². The molecule has 5 nitrogen and oxygen atoms in total. The number of anilines is 1. The van der Waals surface area contributed by atoms with E-state index in [9.17, 15) is 15.2 Å². The van der Waals surface area contributed by atoms with E-state index in [1.54, 1.807) is 6.92 Å². The van der Waals surface area contributed by atoms with Crippen molar-refractivity contribution < 1.29 is 10.0 Å². The molecule has 0 radical (unpaired) electrons. The van der Waals surface area contributed by atoms with E-state index in [0.717, 1.165) is 18.8 Å². The van der Waals surface area contributed by atoms with Gasteiger partial charge in [-0.2, -0.15) is 0 Å². The molecule has 0 aliphatic heterocycles. The molecule has 0 spiro atoms. The van der Waals surface area contributed by atoms with Crippen molar-refractivity contribution >= 4 is 22.0 Å². The molecule has 1 heterocycles. The number of aliphatic hydroxyl groups excluding tert-OH is 1. The van der Waals surface area contributed by atoms with Gasteiger partial charge in [0.1, 0.15) is 0 Å². The summed E-state index contributed by atoms with van der Waals surface area (Å²) in [6, 6.07) is 1.87. The van der Waals surface area contributed by atoms with E-state index in [4.69, 9.17) is 0 Å². The Morgan fingerprint density at radius 1 is 1.45 bits per heavy atom. The first-order chi connectivity index (χ1) is 9.40. The molecule has 1 aromatic rings. The second-order valence-corrected chi connectivity index (χ2v) is 6.86. The SMILES string of the molecule is CC1CCC(N(C)c2sc(C(C)O)cc2[N+](=O)[O-])CC1. The molecular formula is C14H22N2O3S. The van der Waals surface area contributed by atoms with Crippen molar-refractivity contribution in [2.75, 3.05) is 11.9 Å². The minimum Gasteiger partial charge on any atom is -0.388 e. The first-order valence-corrected chi connectivity index (χ1v) is 7.90. The van der Waals surface area contributed by atoms with E-state index in [2.05, 4.69) is 6.92 Å². The van der Waals surface area contributed by atoms with E-state index in [1.807, 2.05) is 11.9 Å². The highest BCUT2D eigenvalue weighted by atomic mass is 32.1. The van der Waals surface area contributed by atoms with Gasteiger partial charge in [0.25, 0.3) is 0 Å². The molecule has 0 bridgehead atoms. The maximum atomic E-state index is 11.2. The largest absolute Gasteiger partial charge is 0.388 e. The number of rotatable bonds is 4. The van der Waals surface area contributed by atoms with Gasteiger partial charge in [-0.25, -0.2) is 0 Å². The van der Waals surface area contributed by atoms with E-state index >= 15 is 0 Å². The number of hydrogen-bond acceptors (Lipinski definition) is 5. The molecule has 1 aliphatic rings. The lowest BCUT2D eigenvalue weighted by atomic mass is 9.87. The zero-order valence-corrected chi connectivity index (χ0v) is 13.0. The second-order valence-electron chi connectivity index (χ2n) is 5.80. The zero-order valence-electron chi connectivity index (χ0n) is 12.2. The van der Waals surface area contributed by atoms with E-state index in [0.29, 0.717) is 15.9 Å². The molecule has 20 heavy (non-hydrogen) atoms. The van der Waals surface area contributed by atoms with Crippen LogP contribution in [0.2, 0.25) is 0 Å². The summed E-state index contributed by atoms with van der Waals surface area (Å²) in [6.07, 6.45) is 3.86. The van der Waals surface area contributed by atoms with Gasteiger partial charge in [0, 0.05) is 24.0 Å². The first kappa shape index (κ1) is 15.3. The van der Waals surface area contributed by atoms with Crippen LogP contribution in [0.1, 0.15) is 50.5 Å². The Morgan fingerprint density at radius 3 is 2.55 bits per heavy atom. The lowest BCUT2D eigenvalue weighted by molar-refractivity contribution is -0.383. The Bertz CT molecular complexity index is 479. The van der Waals surface area contributed by atoms with Gasteiger partial charge >= 0.3 is 5.69 Å². The third-order valence-corrected chi connectivity index (χ3v) is 5.56. The van der Waals surface area contributed by atoms with Crippen molar-refractivity contribution in [1.82, 2.24) is 0 Å². The van der Waals surface area contributed by atoms with Crippen LogP contribution in [-0.4, -0.2) is 23.1 Å². The molecule has 1 aromatic heterocycles. The number of thiophene rings is 1. The fourth-order valence-electron chi connectivity index (χ4n) is 2.77. The Morgan fingerprint density at radius 2 is 2.05 bits per heavy atom. The van der Waals surface area contributed by atoms with E-state index < -0.39 is 6.10 Å². The summed E-state index contributed by atoms with van der Waals surface area (Å²) >= 11 is 1.33. The van der Waals surface area contributed by atoms with Crippen LogP contribution in [0.25, 0.3) is 0 Å². The van der Waals surface area contributed by atoms with Crippen LogP contribution in [0.5, 0.6) is 0 Å². The minimum absolute atomic E-state index is 0.118. The van der Waals surface area contributed by atoms with Gasteiger partial charge in [-0.3, -0.25) is 10.1 Å². The van der Waals surface area contributed by atoms with Crippen molar-refractivity contribution in [2.45, 2.75) is 51.7 Å². The molecule has 1 aliphatic carbocycles. The highest BCUT2D eigenvalue weighted by Crippen LogP contribution is 2.42. The molecule has 0 saturated heterocycles. The minimum atomic E-state index is -0.660. The van der Waals surface area contributed by atoms with Crippen molar-refractivity contribution in [3.63, 3.8) is 0 Å². The molecule has 1 unspecified atom stereocenters. The molecule has 1 fully saturated rings. The third-order valence-electron chi connectivity index (χ3n) is 4.17. The van der Waals surface area contributed by atoms with E-state index in [-0.39, 0.29) is 10.6 Å². The Balaban J connectivity index is 2.24. The normalized spacial score (nSPS) is 24.4. The van der Waals surface area contributed by atoms with Crippen LogP contribution in [-0.2, 0) is 0 Å². The average Bonchev–Trinajstić information content (AvgIpc) is 2.84. The number of hydrogen-bond donors (Lipinski definition) is 1. The molecule has 1 atom stereocenters. The summed E-state index contributed by atoms with van der Waals surface area (Å²) in [7, 11) is 1.94. The zero-order chi connectivity index (χ0) is 14.9. The highest BCUT2D eigenvalue weighted by molar-refractivity contribution is 7.16. The Hall–Kier alpha value is -1.14. The molecular weight excluding hydrogens is 276 g/mol. The lowest BCUT2D eigenvalue weighted by Gasteiger charge is -2.33. The maximum absolute atomic E-state index is 11.2. The van der Waals surface area contributed by atoms with Gasteiger partial charge in [-0.15, -0.1) is 11.3 Å². The lowest BCUT2D eigenvalue weighted by Crippen LogP contribution is -2.34. The smallest absolute Gasteiger partial charge is 0.304 e. The fourth-order valence-corrected chi connectivity index (χ4v) is 3.87. The summed E-state index contributed by atoms with van der Waals surface area (Å²) in [4.78, 5) is 13.6. The maximum Gasteiger partial charge on any atom is 0.304 e. The number of aliphatic hydroxyl groups is 1. The van der Waals surface area contributed by atoms with Gasteiger partial charge in [0.2, 0.25) is 0 Å². The van der Waals surface area contributed by atoms with Crippen molar-refractivity contribution in [3.05, 3.63) is 21.1 Å². The highest BCUT2D eigenvalue weighted by Gasteiger charge is 2.29. The predicted molar refractivity (Wildman–Crippen MR) is 81.4 cm³/mol. The summed E-state index contributed by atoms with van der Waals surface area (Å²) < 4.78 is 0. The van der Waals surface area contributed by atoms with Gasteiger partial charge in [0.15, 0.2) is 5.00 Å². The van der Waals surface area contributed by atoms with Crippen LogP contribution >= 0.6 is 11.3 Å². The molecule has 1 N–H and O–H groups in total. The Kier molecular flexibility index (Phi) is 4.65. The summed E-state index contributed by atoms with van der Waals surface area (Å²) in [6.45, 7) is 3.90. The molecule has 0 amide bonds. The van der Waals surface area contributed by atoms with Gasteiger partial charge in [-0.05, 0) is 38.5 Å². The first-order valence-electron chi connectivity index (χ1n) is 7.09. The molecule has 0 aromatic carbocycles. The fraction of sp³-hybridized carbons (Fsp3) is 0.714. The molecule has 6 heteroatoms. The van der Waals surface area contributed by atoms with Gasteiger partial charge in [-0.1, -0.05) is 6.92 Å². The van der Waals surface area contributed by atoms with Crippen molar-refractivity contribution in [3.8, 4) is 0 Å². The van der Waals surface area contributed by atoms with Crippen molar-refractivity contribution in [2.24, 2.45) is 5.92 Å². The number of nitrogens with zero attached hydrogens (tertiary/aromatic N) is 2. The van der Waals surface area contributed by atoms with Crippen LogP contribution in [0.4, 0.5) is 10.7 Å². The topological polar surface area (TPSA) is 66.6 Å². The van der Waals surface area contributed by atoms with Gasteiger partial charge < -0.3 is 10.0 Å². The third kappa shape index (κ3) is 3.12. The average molecular weight is 298 g/mol. The summed E-state index contributed by atoms with van der Waals surface area (Å²) in [5, 5.41) is 21.5. The summed E-state index contributed by atoms with van der Waals surface area (Å²) in [5.74, 6) is 0.756. The second kappa shape index (κ2) is 6.10. The van der Waals surface area contributed by atoms with Crippen LogP contribution in [0.15, 0.2) is 6.07 Å². The molecule has 2 rings (SSSR count). The van der Waals surface area contributed by atoms with Crippen LogP contribution in [0, 0.1) is 16.0 Å².